The molecule has 1 aromatic rings. The van der Waals surface area contributed by atoms with Crippen LogP contribution in [0.15, 0.2) is 6.33 Å². The summed E-state index contributed by atoms with van der Waals surface area (Å²) in [5, 5.41) is 3.27. The van der Waals surface area contributed by atoms with E-state index >= 15 is 0 Å². The molecule has 1 amide bonds. The summed E-state index contributed by atoms with van der Waals surface area (Å²) in [5.41, 5.74) is 2.07. The topological polar surface area (TPSA) is 70.2 Å². The monoisotopic (exact) mass is 266 g/mol. The zero-order valence-electron chi connectivity index (χ0n) is 11.8. The van der Waals surface area contributed by atoms with Gasteiger partial charge in [0.15, 0.2) is 0 Å². The van der Waals surface area contributed by atoms with Crippen LogP contribution in [0.3, 0.4) is 0 Å². The Morgan fingerprint density at radius 1 is 1.63 bits per heavy atom. The van der Waals surface area contributed by atoms with Crippen LogP contribution in [0.25, 0.3) is 0 Å². The molecule has 0 fully saturated rings. The molecule has 6 heteroatoms. The maximum atomic E-state index is 12.5. The quantitative estimate of drug-likeness (QED) is 0.804. The number of carbonyl (C=O) groups is 1. The van der Waals surface area contributed by atoms with Gasteiger partial charge in [0.05, 0.1) is 30.4 Å². The van der Waals surface area contributed by atoms with Gasteiger partial charge < -0.3 is 14.6 Å². The molecule has 0 aliphatic carbocycles. The Kier molecular flexibility index (Phi) is 4.55. The van der Waals surface area contributed by atoms with Crippen molar-refractivity contribution in [3.8, 4) is 0 Å². The van der Waals surface area contributed by atoms with Crippen molar-refractivity contribution in [1.82, 2.24) is 20.2 Å². The SMILES string of the molecule is COCCN(C(=O)C1Cc2nc[nH]c2CN1)C(C)C. The molecule has 1 aliphatic rings. The predicted octanol–water partition coefficient (Wildman–Crippen LogP) is 0.307. The maximum Gasteiger partial charge on any atom is 0.240 e. The molecule has 1 unspecified atom stereocenters. The van der Waals surface area contributed by atoms with Crippen molar-refractivity contribution in [2.24, 2.45) is 0 Å². The lowest BCUT2D eigenvalue weighted by Crippen LogP contribution is -2.52. The first-order chi connectivity index (χ1) is 9.13. The fourth-order valence-corrected chi connectivity index (χ4v) is 2.36. The molecule has 106 valence electrons. The van der Waals surface area contributed by atoms with Crippen LogP contribution < -0.4 is 5.32 Å². The smallest absolute Gasteiger partial charge is 0.240 e. The van der Waals surface area contributed by atoms with Gasteiger partial charge in [-0.3, -0.25) is 10.1 Å². The van der Waals surface area contributed by atoms with Crippen LogP contribution in [0.2, 0.25) is 0 Å². The molecule has 0 saturated carbocycles. The minimum atomic E-state index is -0.185. The number of hydrogen-bond acceptors (Lipinski definition) is 4. The number of nitrogens with one attached hydrogen (secondary N) is 2. The van der Waals surface area contributed by atoms with E-state index < -0.39 is 0 Å². The molecule has 0 bridgehead atoms. The van der Waals surface area contributed by atoms with Crippen molar-refractivity contribution in [2.45, 2.75) is 38.9 Å². The highest BCUT2D eigenvalue weighted by Crippen LogP contribution is 2.14. The lowest BCUT2D eigenvalue weighted by Gasteiger charge is -2.32. The van der Waals surface area contributed by atoms with Crippen molar-refractivity contribution in [3.05, 3.63) is 17.7 Å². The minimum Gasteiger partial charge on any atom is -0.383 e. The number of rotatable bonds is 5. The molecule has 19 heavy (non-hydrogen) atoms. The van der Waals surface area contributed by atoms with Crippen molar-refractivity contribution in [2.75, 3.05) is 20.3 Å². The van der Waals surface area contributed by atoms with E-state index in [9.17, 15) is 4.79 Å². The van der Waals surface area contributed by atoms with Crippen LogP contribution in [0, 0.1) is 0 Å². The Morgan fingerprint density at radius 2 is 2.42 bits per heavy atom. The van der Waals surface area contributed by atoms with E-state index in [0.717, 1.165) is 11.4 Å². The summed E-state index contributed by atoms with van der Waals surface area (Å²) in [5.74, 6) is 0.126. The van der Waals surface area contributed by atoms with Gasteiger partial charge in [-0.2, -0.15) is 0 Å². The van der Waals surface area contributed by atoms with Crippen LogP contribution in [-0.4, -0.2) is 53.1 Å². The highest BCUT2D eigenvalue weighted by molar-refractivity contribution is 5.82. The zero-order valence-corrected chi connectivity index (χ0v) is 11.8. The average Bonchev–Trinajstić information content (AvgIpc) is 2.85. The molecular weight excluding hydrogens is 244 g/mol. The van der Waals surface area contributed by atoms with Crippen LogP contribution in [0.1, 0.15) is 25.2 Å². The van der Waals surface area contributed by atoms with E-state index in [1.807, 2.05) is 18.7 Å². The second kappa shape index (κ2) is 6.16. The first-order valence-corrected chi connectivity index (χ1v) is 6.67. The number of amides is 1. The van der Waals surface area contributed by atoms with Gasteiger partial charge in [0, 0.05) is 32.7 Å². The number of nitrogens with zero attached hydrogens (tertiary/aromatic N) is 2. The number of methoxy groups -OCH3 is 1. The van der Waals surface area contributed by atoms with Crippen molar-refractivity contribution >= 4 is 5.91 Å². The predicted molar refractivity (Wildman–Crippen MR) is 71.6 cm³/mol. The Labute approximate surface area is 113 Å². The second-order valence-electron chi connectivity index (χ2n) is 5.08. The number of aromatic nitrogens is 2. The van der Waals surface area contributed by atoms with Gasteiger partial charge in [-0.15, -0.1) is 0 Å². The molecule has 1 aliphatic heterocycles. The van der Waals surface area contributed by atoms with E-state index in [1.165, 1.54) is 0 Å². The fourth-order valence-electron chi connectivity index (χ4n) is 2.36. The van der Waals surface area contributed by atoms with Gasteiger partial charge in [-0.05, 0) is 13.8 Å². The number of H-pyrrole nitrogens is 1. The van der Waals surface area contributed by atoms with Crippen LogP contribution in [-0.2, 0) is 22.5 Å². The summed E-state index contributed by atoms with van der Waals surface area (Å²) in [6.45, 7) is 5.90. The lowest BCUT2D eigenvalue weighted by molar-refractivity contribution is -0.136. The fraction of sp³-hybridized carbons (Fsp3) is 0.692. The molecule has 6 nitrogen and oxygen atoms in total. The number of carbonyl (C=O) groups excluding carboxylic acids is 1. The number of imidazole rings is 1. The molecule has 1 aromatic heterocycles. The van der Waals surface area contributed by atoms with Gasteiger partial charge in [0.2, 0.25) is 5.91 Å². The van der Waals surface area contributed by atoms with Crippen molar-refractivity contribution in [1.29, 1.82) is 0 Å². The van der Waals surface area contributed by atoms with Gasteiger partial charge in [-0.25, -0.2) is 4.98 Å². The average molecular weight is 266 g/mol. The standard InChI is InChI=1S/C13H22N4O2/c1-9(2)17(4-5-19-3)13(18)11-6-10-12(7-14-11)16-8-15-10/h8-9,11,14H,4-7H2,1-3H3,(H,15,16). The third-order valence-electron chi connectivity index (χ3n) is 3.47. The summed E-state index contributed by atoms with van der Waals surface area (Å²) in [6, 6.07) is -0.0138. The largest absolute Gasteiger partial charge is 0.383 e. The van der Waals surface area contributed by atoms with E-state index in [2.05, 4.69) is 15.3 Å². The molecule has 2 N–H and O–H groups in total. The number of aromatic amines is 1. The Bertz CT molecular complexity index is 430. The normalized spacial score (nSPS) is 18.4. The van der Waals surface area contributed by atoms with Crippen LogP contribution >= 0.6 is 0 Å². The van der Waals surface area contributed by atoms with Crippen LogP contribution in [0.4, 0.5) is 0 Å². The molecule has 2 heterocycles. The Hall–Kier alpha value is -1.40. The summed E-state index contributed by atoms with van der Waals surface area (Å²) in [4.78, 5) is 21.8. The number of fused-ring (bicyclic) bond motifs is 1. The molecule has 0 aromatic carbocycles. The van der Waals surface area contributed by atoms with Gasteiger partial charge in [0.25, 0.3) is 0 Å². The van der Waals surface area contributed by atoms with Crippen molar-refractivity contribution < 1.29 is 9.53 Å². The van der Waals surface area contributed by atoms with Gasteiger partial charge in [0.1, 0.15) is 0 Å². The molecule has 0 radical (unpaired) electrons. The second-order valence-corrected chi connectivity index (χ2v) is 5.08. The van der Waals surface area contributed by atoms with E-state index in [0.29, 0.717) is 26.1 Å². The zero-order chi connectivity index (χ0) is 13.8. The maximum absolute atomic E-state index is 12.5. The molecular formula is C13H22N4O2. The van der Waals surface area contributed by atoms with Crippen molar-refractivity contribution in [3.63, 3.8) is 0 Å². The Morgan fingerprint density at radius 3 is 3.11 bits per heavy atom. The summed E-state index contributed by atoms with van der Waals surface area (Å²) >= 11 is 0. The van der Waals surface area contributed by atoms with E-state index in [-0.39, 0.29) is 18.0 Å². The third-order valence-corrected chi connectivity index (χ3v) is 3.47. The van der Waals surface area contributed by atoms with Gasteiger partial charge in [-0.1, -0.05) is 0 Å². The summed E-state index contributed by atoms with van der Waals surface area (Å²) in [7, 11) is 1.65. The highest BCUT2D eigenvalue weighted by atomic mass is 16.5. The molecule has 0 spiro atoms. The third kappa shape index (κ3) is 3.13. The van der Waals surface area contributed by atoms with E-state index in [1.54, 1.807) is 13.4 Å². The number of ether oxygens (including phenoxy) is 1. The van der Waals surface area contributed by atoms with Gasteiger partial charge >= 0.3 is 0 Å². The van der Waals surface area contributed by atoms with E-state index in [4.69, 9.17) is 4.74 Å². The molecule has 1 atom stereocenters. The summed E-state index contributed by atoms with van der Waals surface area (Å²) in [6.07, 6.45) is 2.33. The first-order valence-electron chi connectivity index (χ1n) is 6.67. The van der Waals surface area contributed by atoms with Crippen LogP contribution in [0.5, 0.6) is 0 Å². The molecule has 0 saturated heterocycles. The first kappa shape index (κ1) is 14.0. The molecule has 2 rings (SSSR count). The highest BCUT2D eigenvalue weighted by Gasteiger charge is 2.30. The summed E-state index contributed by atoms with van der Waals surface area (Å²) < 4.78 is 5.07. The lowest BCUT2D eigenvalue weighted by atomic mass is 10.0. The minimum absolute atomic E-state index is 0.126. The Balaban J connectivity index is 2.02. The number of hydrogen-bond donors (Lipinski definition) is 2.